The summed E-state index contributed by atoms with van der Waals surface area (Å²) in [5.74, 6) is 1.08. The van der Waals surface area contributed by atoms with Crippen molar-refractivity contribution in [3.8, 4) is 0 Å². The molecule has 1 aromatic heterocycles. The van der Waals surface area contributed by atoms with E-state index in [9.17, 15) is 0 Å². The number of hydrogen-bond donors (Lipinski definition) is 2. The van der Waals surface area contributed by atoms with Crippen LogP contribution in [0.15, 0.2) is 24.3 Å². The third-order valence-corrected chi connectivity index (χ3v) is 3.30. The fourth-order valence-electron chi connectivity index (χ4n) is 2.10. The zero-order chi connectivity index (χ0) is 12.3. The predicted molar refractivity (Wildman–Crippen MR) is 71.9 cm³/mol. The molecule has 0 unspecified atom stereocenters. The van der Waals surface area contributed by atoms with Gasteiger partial charge in [-0.2, -0.15) is 0 Å². The van der Waals surface area contributed by atoms with E-state index in [2.05, 4.69) is 29.9 Å². The Kier molecular flexibility index (Phi) is 3.48. The number of nitrogens with one attached hydrogen (secondary N) is 1. The van der Waals surface area contributed by atoms with E-state index in [0.29, 0.717) is 5.41 Å². The Morgan fingerprint density at radius 1 is 1.24 bits per heavy atom. The first-order chi connectivity index (χ1) is 8.11. The lowest BCUT2D eigenvalue weighted by molar-refractivity contribution is 0.311. The molecule has 0 amide bonds. The second-order valence-corrected chi connectivity index (χ2v) is 5.40. The van der Waals surface area contributed by atoms with Crippen LogP contribution in [0.25, 0.3) is 11.0 Å². The maximum Gasteiger partial charge on any atom is 0.107 e. The van der Waals surface area contributed by atoms with Crippen LogP contribution in [0, 0.1) is 5.41 Å². The Morgan fingerprint density at radius 3 is 2.71 bits per heavy atom. The van der Waals surface area contributed by atoms with Crippen molar-refractivity contribution in [2.24, 2.45) is 11.1 Å². The second kappa shape index (κ2) is 4.88. The summed E-state index contributed by atoms with van der Waals surface area (Å²) in [6, 6.07) is 8.16. The summed E-state index contributed by atoms with van der Waals surface area (Å²) < 4.78 is 0. The highest BCUT2D eigenvalue weighted by Gasteiger charge is 2.17. The average Bonchev–Trinajstić information content (AvgIpc) is 2.69. The van der Waals surface area contributed by atoms with Crippen molar-refractivity contribution in [2.75, 3.05) is 6.54 Å². The summed E-state index contributed by atoms with van der Waals surface area (Å²) in [7, 11) is 0. The molecule has 1 heterocycles. The van der Waals surface area contributed by atoms with E-state index < -0.39 is 0 Å². The van der Waals surface area contributed by atoms with Crippen LogP contribution in [-0.2, 0) is 6.42 Å². The quantitative estimate of drug-likeness (QED) is 0.831. The molecule has 3 N–H and O–H groups in total. The minimum absolute atomic E-state index is 0.299. The first-order valence-electron chi connectivity index (χ1n) is 6.24. The van der Waals surface area contributed by atoms with Gasteiger partial charge in [0.1, 0.15) is 5.82 Å². The molecule has 0 saturated heterocycles. The smallest absolute Gasteiger partial charge is 0.107 e. The fourth-order valence-corrected chi connectivity index (χ4v) is 2.10. The van der Waals surface area contributed by atoms with Crippen molar-refractivity contribution in [1.29, 1.82) is 0 Å². The van der Waals surface area contributed by atoms with Crippen LogP contribution < -0.4 is 5.73 Å². The molecule has 0 fully saturated rings. The number of benzene rings is 1. The standard InChI is InChI=1S/C14H21N3/c1-14(2,9-10-15)8-7-13-16-11-5-3-4-6-12(11)17-13/h3-6H,7-10,15H2,1-2H3,(H,16,17). The molecule has 17 heavy (non-hydrogen) atoms. The van der Waals surface area contributed by atoms with Crippen molar-refractivity contribution in [3.63, 3.8) is 0 Å². The van der Waals surface area contributed by atoms with E-state index in [-0.39, 0.29) is 0 Å². The van der Waals surface area contributed by atoms with Gasteiger partial charge in [0.2, 0.25) is 0 Å². The molecule has 0 bridgehead atoms. The summed E-state index contributed by atoms with van der Waals surface area (Å²) in [5.41, 5.74) is 8.10. The highest BCUT2D eigenvalue weighted by molar-refractivity contribution is 5.74. The Hall–Kier alpha value is -1.35. The van der Waals surface area contributed by atoms with Crippen molar-refractivity contribution >= 4 is 11.0 Å². The monoisotopic (exact) mass is 231 g/mol. The number of nitrogens with two attached hydrogens (primary N) is 1. The third kappa shape index (κ3) is 3.07. The number of aromatic amines is 1. The van der Waals surface area contributed by atoms with Gasteiger partial charge in [0.25, 0.3) is 0 Å². The molecule has 0 spiro atoms. The van der Waals surface area contributed by atoms with E-state index in [0.717, 1.165) is 42.7 Å². The van der Waals surface area contributed by atoms with Crippen LogP contribution in [0.2, 0.25) is 0 Å². The Bertz CT molecular complexity index is 452. The molecule has 1 aromatic carbocycles. The number of para-hydroxylation sites is 2. The largest absolute Gasteiger partial charge is 0.342 e. The van der Waals surface area contributed by atoms with Crippen LogP contribution in [0.1, 0.15) is 32.5 Å². The van der Waals surface area contributed by atoms with Gasteiger partial charge in [-0.05, 0) is 36.9 Å². The summed E-state index contributed by atoms with van der Waals surface area (Å²) >= 11 is 0. The zero-order valence-electron chi connectivity index (χ0n) is 10.7. The van der Waals surface area contributed by atoms with E-state index in [1.807, 2.05) is 18.2 Å². The number of fused-ring (bicyclic) bond motifs is 1. The average molecular weight is 231 g/mol. The summed E-state index contributed by atoms with van der Waals surface area (Å²) in [6.07, 6.45) is 3.17. The van der Waals surface area contributed by atoms with Crippen molar-refractivity contribution < 1.29 is 0 Å². The molecule has 0 aliphatic heterocycles. The predicted octanol–water partition coefficient (Wildman–Crippen LogP) is 2.87. The number of aromatic nitrogens is 2. The fraction of sp³-hybridized carbons (Fsp3) is 0.500. The first-order valence-corrected chi connectivity index (χ1v) is 6.24. The molecule has 0 aliphatic rings. The van der Waals surface area contributed by atoms with Crippen molar-refractivity contribution in [3.05, 3.63) is 30.1 Å². The molecule has 0 atom stereocenters. The van der Waals surface area contributed by atoms with Crippen LogP contribution in [0.4, 0.5) is 0 Å². The van der Waals surface area contributed by atoms with E-state index >= 15 is 0 Å². The minimum Gasteiger partial charge on any atom is -0.342 e. The Labute approximate surface area is 102 Å². The zero-order valence-corrected chi connectivity index (χ0v) is 10.7. The number of H-pyrrole nitrogens is 1. The second-order valence-electron chi connectivity index (χ2n) is 5.40. The van der Waals surface area contributed by atoms with Crippen LogP contribution >= 0.6 is 0 Å². The van der Waals surface area contributed by atoms with E-state index in [1.165, 1.54) is 0 Å². The van der Waals surface area contributed by atoms with Gasteiger partial charge < -0.3 is 10.7 Å². The van der Waals surface area contributed by atoms with Crippen LogP contribution in [-0.4, -0.2) is 16.5 Å². The number of nitrogens with zero attached hydrogens (tertiary/aromatic N) is 1. The Balaban J connectivity index is 2.04. The van der Waals surface area contributed by atoms with Crippen molar-refractivity contribution in [1.82, 2.24) is 9.97 Å². The molecule has 0 saturated carbocycles. The van der Waals surface area contributed by atoms with Gasteiger partial charge in [0.05, 0.1) is 11.0 Å². The maximum atomic E-state index is 5.62. The van der Waals surface area contributed by atoms with Gasteiger partial charge in [0, 0.05) is 6.42 Å². The van der Waals surface area contributed by atoms with Gasteiger partial charge in [-0.3, -0.25) is 0 Å². The molecule has 0 aliphatic carbocycles. The molecule has 92 valence electrons. The highest BCUT2D eigenvalue weighted by Crippen LogP contribution is 2.26. The first kappa shape index (κ1) is 12.1. The van der Waals surface area contributed by atoms with Gasteiger partial charge in [0.15, 0.2) is 0 Å². The van der Waals surface area contributed by atoms with Gasteiger partial charge >= 0.3 is 0 Å². The molecule has 0 radical (unpaired) electrons. The van der Waals surface area contributed by atoms with Crippen molar-refractivity contribution in [2.45, 2.75) is 33.1 Å². The number of hydrogen-bond acceptors (Lipinski definition) is 2. The minimum atomic E-state index is 0.299. The molecule has 2 rings (SSSR count). The lowest BCUT2D eigenvalue weighted by Crippen LogP contribution is -2.18. The number of rotatable bonds is 5. The summed E-state index contributed by atoms with van der Waals surface area (Å²) in [6.45, 7) is 5.29. The Morgan fingerprint density at radius 2 is 2.00 bits per heavy atom. The molecule has 3 nitrogen and oxygen atoms in total. The molecule has 3 heteroatoms. The molecule has 2 aromatic rings. The summed E-state index contributed by atoms with van der Waals surface area (Å²) in [4.78, 5) is 7.96. The number of aryl methyl sites for hydroxylation is 1. The van der Waals surface area contributed by atoms with Crippen LogP contribution in [0.5, 0.6) is 0 Å². The number of imidazole rings is 1. The molecular formula is C14H21N3. The van der Waals surface area contributed by atoms with Gasteiger partial charge in [-0.1, -0.05) is 26.0 Å². The topological polar surface area (TPSA) is 54.7 Å². The summed E-state index contributed by atoms with van der Waals surface area (Å²) in [5, 5.41) is 0. The van der Waals surface area contributed by atoms with E-state index in [4.69, 9.17) is 5.73 Å². The third-order valence-electron chi connectivity index (χ3n) is 3.30. The van der Waals surface area contributed by atoms with Gasteiger partial charge in [-0.15, -0.1) is 0 Å². The van der Waals surface area contributed by atoms with E-state index in [1.54, 1.807) is 0 Å². The maximum absolute atomic E-state index is 5.62. The SMILES string of the molecule is CC(C)(CCN)CCc1nc2ccccc2[nH]1. The molecular weight excluding hydrogens is 210 g/mol. The van der Waals surface area contributed by atoms with Crippen LogP contribution in [0.3, 0.4) is 0 Å². The lowest BCUT2D eigenvalue weighted by Gasteiger charge is -2.22. The lowest BCUT2D eigenvalue weighted by atomic mass is 9.84. The normalized spacial score (nSPS) is 12.2. The van der Waals surface area contributed by atoms with Gasteiger partial charge in [-0.25, -0.2) is 4.98 Å². The highest BCUT2D eigenvalue weighted by atomic mass is 14.9.